The van der Waals surface area contributed by atoms with Crippen LogP contribution in [-0.2, 0) is 5.41 Å². The van der Waals surface area contributed by atoms with Gasteiger partial charge in [-0.2, -0.15) is 0 Å². The van der Waals surface area contributed by atoms with Crippen molar-refractivity contribution in [3.63, 3.8) is 0 Å². The van der Waals surface area contributed by atoms with Crippen molar-refractivity contribution in [1.29, 1.82) is 0 Å². The summed E-state index contributed by atoms with van der Waals surface area (Å²) in [5.41, 5.74) is 1.59. The van der Waals surface area contributed by atoms with Gasteiger partial charge < -0.3 is 9.47 Å². The van der Waals surface area contributed by atoms with E-state index in [1.165, 1.54) is 29.9 Å². The van der Waals surface area contributed by atoms with Crippen LogP contribution in [0.1, 0.15) is 39.2 Å². The standard InChI is InChI=1S/C18H26O2S2/c1-16(2)17(3,8-9-18(16)21-10-11-22-18)14-12-13(19-4)6-7-15(14)20-5/h6-7,12H,8-11H2,1-5H3/t17-/m0/s1. The molecule has 1 saturated carbocycles. The van der Waals surface area contributed by atoms with Crippen LogP contribution >= 0.6 is 23.5 Å². The Hall–Kier alpha value is -0.480. The highest BCUT2D eigenvalue weighted by Gasteiger charge is 2.63. The van der Waals surface area contributed by atoms with Crippen molar-refractivity contribution < 1.29 is 9.47 Å². The van der Waals surface area contributed by atoms with Gasteiger partial charge in [-0.3, -0.25) is 0 Å². The van der Waals surface area contributed by atoms with E-state index in [0.717, 1.165) is 11.5 Å². The maximum Gasteiger partial charge on any atom is 0.122 e. The Bertz CT molecular complexity index is 564. The molecule has 2 nitrogen and oxygen atoms in total. The van der Waals surface area contributed by atoms with E-state index < -0.39 is 0 Å². The minimum Gasteiger partial charge on any atom is -0.497 e. The Morgan fingerprint density at radius 2 is 1.64 bits per heavy atom. The van der Waals surface area contributed by atoms with E-state index in [1.54, 1.807) is 14.2 Å². The molecular weight excluding hydrogens is 312 g/mol. The van der Waals surface area contributed by atoms with E-state index in [4.69, 9.17) is 9.47 Å². The molecule has 0 aromatic heterocycles. The van der Waals surface area contributed by atoms with Gasteiger partial charge in [-0.15, -0.1) is 23.5 Å². The molecular formula is C18H26O2S2. The van der Waals surface area contributed by atoms with Crippen molar-refractivity contribution in [3.05, 3.63) is 23.8 Å². The van der Waals surface area contributed by atoms with Crippen LogP contribution in [0, 0.1) is 5.41 Å². The summed E-state index contributed by atoms with van der Waals surface area (Å²) in [6, 6.07) is 6.22. The second-order valence-electron chi connectivity index (χ2n) is 6.97. The Morgan fingerprint density at radius 1 is 0.955 bits per heavy atom. The molecule has 3 rings (SSSR count). The molecule has 0 N–H and O–H groups in total. The third-order valence-corrected chi connectivity index (χ3v) is 10.2. The predicted molar refractivity (Wildman–Crippen MR) is 97.6 cm³/mol. The van der Waals surface area contributed by atoms with Crippen molar-refractivity contribution in [1.82, 2.24) is 0 Å². The summed E-state index contributed by atoms with van der Waals surface area (Å²) in [6.45, 7) is 7.31. The zero-order chi connectivity index (χ0) is 16.0. The zero-order valence-electron chi connectivity index (χ0n) is 14.2. The van der Waals surface area contributed by atoms with Crippen LogP contribution in [0.5, 0.6) is 11.5 Å². The van der Waals surface area contributed by atoms with Crippen molar-refractivity contribution in [2.45, 2.75) is 43.1 Å². The molecule has 1 aromatic carbocycles. The third-order valence-electron chi connectivity index (χ3n) is 6.04. The molecule has 122 valence electrons. The van der Waals surface area contributed by atoms with Crippen LogP contribution in [0.3, 0.4) is 0 Å². The van der Waals surface area contributed by atoms with Crippen molar-refractivity contribution in [2.24, 2.45) is 5.41 Å². The van der Waals surface area contributed by atoms with Crippen LogP contribution < -0.4 is 9.47 Å². The first-order chi connectivity index (χ1) is 10.4. The van der Waals surface area contributed by atoms with E-state index in [2.05, 4.69) is 56.4 Å². The Kier molecular flexibility index (Phi) is 4.14. The molecule has 0 radical (unpaired) electrons. The lowest BCUT2D eigenvalue weighted by Gasteiger charge is -2.47. The average Bonchev–Trinajstić information content (AvgIpc) is 3.08. The number of thioether (sulfide) groups is 2. The summed E-state index contributed by atoms with van der Waals surface area (Å²) < 4.78 is 11.5. The second kappa shape index (κ2) is 5.55. The van der Waals surface area contributed by atoms with Crippen LogP contribution in [0.2, 0.25) is 0 Å². The zero-order valence-corrected chi connectivity index (χ0v) is 15.8. The Balaban J connectivity index is 2.11. The lowest BCUT2D eigenvalue weighted by molar-refractivity contribution is 0.213. The molecule has 0 amide bonds. The highest BCUT2D eigenvalue weighted by atomic mass is 32.2. The third kappa shape index (κ3) is 2.10. The number of methoxy groups -OCH3 is 2. The van der Waals surface area contributed by atoms with Gasteiger partial charge in [0.25, 0.3) is 0 Å². The quantitative estimate of drug-likeness (QED) is 0.775. The van der Waals surface area contributed by atoms with Crippen molar-refractivity contribution in [3.8, 4) is 11.5 Å². The fraction of sp³-hybridized carbons (Fsp3) is 0.667. The Labute approximate surface area is 142 Å². The predicted octanol–water partition coefficient (Wildman–Crippen LogP) is 4.96. The van der Waals surface area contributed by atoms with Crippen molar-refractivity contribution in [2.75, 3.05) is 25.7 Å². The topological polar surface area (TPSA) is 18.5 Å². The molecule has 1 atom stereocenters. The van der Waals surface area contributed by atoms with Crippen LogP contribution in [0.15, 0.2) is 18.2 Å². The molecule has 1 heterocycles. The highest BCUT2D eigenvalue weighted by molar-refractivity contribution is 8.21. The van der Waals surface area contributed by atoms with Gasteiger partial charge in [-0.25, -0.2) is 0 Å². The maximum absolute atomic E-state index is 5.70. The molecule has 22 heavy (non-hydrogen) atoms. The first kappa shape index (κ1) is 16.4. The summed E-state index contributed by atoms with van der Waals surface area (Å²) in [6.07, 6.45) is 2.47. The maximum atomic E-state index is 5.70. The monoisotopic (exact) mass is 338 g/mol. The SMILES string of the molecule is COc1ccc(OC)c([C@]2(C)CCC3(SCCS3)C2(C)C)c1. The van der Waals surface area contributed by atoms with Crippen LogP contribution in [0.4, 0.5) is 0 Å². The van der Waals surface area contributed by atoms with Gasteiger partial charge in [-0.1, -0.05) is 20.8 Å². The molecule has 1 aliphatic heterocycles. The van der Waals surface area contributed by atoms with Gasteiger partial charge in [0.05, 0.1) is 18.3 Å². The molecule has 2 aliphatic rings. The first-order valence-corrected chi connectivity index (χ1v) is 9.88. The van der Waals surface area contributed by atoms with Gasteiger partial charge in [-0.05, 0) is 36.5 Å². The lowest BCUT2D eigenvalue weighted by atomic mass is 9.64. The van der Waals surface area contributed by atoms with E-state index >= 15 is 0 Å². The van der Waals surface area contributed by atoms with Crippen LogP contribution in [0.25, 0.3) is 0 Å². The van der Waals surface area contributed by atoms with Gasteiger partial charge in [0.15, 0.2) is 0 Å². The van der Waals surface area contributed by atoms with Crippen molar-refractivity contribution >= 4 is 23.5 Å². The number of hydrogen-bond acceptors (Lipinski definition) is 4. The summed E-state index contributed by atoms with van der Waals surface area (Å²) in [4.78, 5) is 0. The molecule has 1 saturated heterocycles. The minimum absolute atomic E-state index is 0.0945. The van der Waals surface area contributed by atoms with E-state index in [9.17, 15) is 0 Å². The van der Waals surface area contributed by atoms with Gasteiger partial charge in [0.1, 0.15) is 11.5 Å². The van der Waals surface area contributed by atoms with E-state index in [0.29, 0.717) is 4.08 Å². The summed E-state index contributed by atoms with van der Waals surface area (Å²) >= 11 is 4.34. The molecule has 2 fully saturated rings. The largest absolute Gasteiger partial charge is 0.497 e. The minimum atomic E-state index is 0.0945. The molecule has 0 unspecified atom stereocenters. The van der Waals surface area contributed by atoms with Gasteiger partial charge >= 0.3 is 0 Å². The molecule has 1 spiro atoms. The summed E-state index contributed by atoms with van der Waals surface area (Å²) in [5, 5.41) is 0. The average molecular weight is 339 g/mol. The van der Waals surface area contributed by atoms with E-state index in [-0.39, 0.29) is 10.8 Å². The first-order valence-electron chi connectivity index (χ1n) is 7.91. The van der Waals surface area contributed by atoms with Gasteiger partial charge in [0.2, 0.25) is 0 Å². The number of rotatable bonds is 3. The molecule has 1 aliphatic carbocycles. The highest BCUT2D eigenvalue weighted by Crippen LogP contribution is 2.70. The smallest absolute Gasteiger partial charge is 0.122 e. The number of ether oxygens (including phenoxy) is 2. The Morgan fingerprint density at radius 3 is 2.23 bits per heavy atom. The number of hydrogen-bond donors (Lipinski definition) is 0. The van der Waals surface area contributed by atoms with Gasteiger partial charge in [0, 0.05) is 22.5 Å². The number of benzene rings is 1. The normalized spacial score (nSPS) is 29.0. The molecule has 1 aromatic rings. The summed E-state index contributed by atoms with van der Waals surface area (Å²) in [5.74, 6) is 4.46. The fourth-order valence-electron chi connectivity index (χ4n) is 4.14. The molecule has 4 heteroatoms. The van der Waals surface area contributed by atoms with Crippen LogP contribution in [-0.4, -0.2) is 29.8 Å². The lowest BCUT2D eigenvalue weighted by Crippen LogP contribution is -2.44. The molecule has 0 bridgehead atoms. The van der Waals surface area contributed by atoms with E-state index in [1.807, 2.05) is 6.07 Å². The summed E-state index contributed by atoms with van der Waals surface area (Å²) in [7, 11) is 3.50. The second-order valence-corrected chi connectivity index (χ2v) is 10.0. The fourth-order valence-corrected chi connectivity index (χ4v) is 7.96.